The number of carbonyl (C=O) groups is 2. The Labute approximate surface area is 190 Å². The molecule has 2 saturated heterocycles. The molecule has 0 aliphatic carbocycles. The second-order valence-corrected chi connectivity index (χ2v) is 8.00. The lowest BCUT2D eigenvalue weighted by molar-refractivity contribution is 0.00862. The van der Waals surface area contributed by atoms with E-state index >= 15 is 0 Å². The van der Waals surface area contributed by atoms with Crippen molar-refractivity contribution in [1.29, 1.82) is 0 Å². The molecular formula is C25H24N2O6. The molecule has 2 fully saturated rings. The van der Waals surface area contributed by atoms with Gasteiger partial charge in [0.25, 0.3) is 5.91 Å². The Morgan fingerprint density at radius 3 is 2.48 bits per heavy atom. The van der Waals surface area contributed by atoms with Gasteiger partial charge in [-0.15, -0.1) is 0 Å². The Kier molecular flexibility index (Phi) is 5.85. The van der Waals surface area contributed by atoms with Gasteiger partial charge in [0.1, 0.15) is 18.0 Å². The van der Waals surface area contributed by atoms with Crippen LogP contribution in [0.5, 0.6) is 5.75 Å². The van der Waals surface area contributed by atoms with Crippen LogP contribution in [0, 0.1) is 0 Å². The lowest BCUT2D eigenvalue weighted by Gasteiger charge is -2.18. The van der Waals surface area contributed by atoms with Gasteiger partial charge >= 0.3 is 6.09 Å². The maximum absolute atomic E-state index is 12.6. The highest BCUT2D eigenvalue weighted by molar-refractivity contribution is 6.00. The summed E-state index contributed by atoms with van der Waals surface area (Å²) in [7, 11) is 1.57. The smallest absolute Gasteiger partial charge is 0.412 e. The third-order valence-electron chi connectivity index (χ3n) is 5.96. The highest BCUT2D eigenvalue weighted by Crippen LogP contribution is 2.30. The molecular weight excluding hydrogens is 424 g/mol. The van der Waals surface area contributed by atoms with Crippen LogP contribution in [0.2, 0.25) is 0 Å². The zero-order valence-corrected chi connectivity index (χ0v) is 18.0. The van der Waals surface area contributed by atoms with Gasteiger partial charge in [-0.2, -0.15) is 0 Å². The molecule has 0 aromatic heterocycles. The fraction of sp³-hybridized carbons (Fsp3) is 0.280. The summed E-state index contributed by atoms with van der Waals surface area (Å²) in [5, 5.41) is 7.71. The van der Waals surface area contributed by atoms with E-state index in [4.69, 9.17) is 18.9 Å². The first-order valence-corrected chi connectivity index (χ1v) is 10.8. The van der Waals surface area contributed by atoms with Crippen molar-refractivity contribution >= 4 is 28.5 Å². The predicted octanol–water partition coefficient (Wildman–Crippen LogP) is 3.36. The number of fused-ring (bicyclic) bond motifs is 2. The summed E-state index contributed by atoms with van der Waals surface area (Å²) in [5.41, 5.74) is 1.19. The molecule has 2 amide bonds. The quantitative estimate of drug-likeness (QED) is 0.622. The molecule has 2 N–H and O–H groups in total. The van der Waals surface area contributed by atoms with E-state index in [1.165, 1.54) is 0 Å². The number of benzene rings is 3. The summed E-state index contributed by atoms with van der Waals surface area (Å²) < 4.78 is 22.4. The molecule has 5 rings (SSSR count). The van der Waals surface area contributed by atoms with Gasteiger partial charge in [-0.25, -0.2) is 4.79 Å². The molecule has 2 heterocycles. The Hall–Kier alpha value is -3.62. The van der Waals surface area contributed by atoms with Gasteiger partial charge in [0.15, 0.2) is 6.10 Å². The van der Waals surface area contributed by atoms with Crippen LogP contribution in [-0.2, 0) is 14.2 Å². The van der Waals surface area contributed by atoms with Gasteiger partial charge in [-0.05, 0) is 35.7 Å². The van der Waals surface area contributed by atoms with Crippen molar-refractivity contribution in [2.45, 2.75) is 24.4 Å². The highest BCUT2D eigenvalue weighted by Gasteiger charge is 2.50. The van der Waals surface area contributed by atoms with E-state index in [2.05, 4.69) is 10.6 Å². The number of anilines is 1. The summed E-state index contributed by atoms with van der Waals surface area (Å²) in [4.78, 5) is 25.2. The van der Waals surface area contributed by atoms with E-state index < -0.39 is 18.3 Å². The minimum absolute atomic E-state index is 0.202. The average Bonchev–Trinajstić information content (AvgIpc) is 3.42. The second kappa shape index (κ2) is 9.09. The largest absolute Gasteiger partial charge is 0.497 e. The molecule has 8 heteroatoms. The molecule has 0 spiro atoms. The number of rotatable bonds is 5. The molecule has 0 bridgehead atoms. The minimum Gasteiger partial charge on any atom is -0.497 e. The van der Waals surface area contributed by atoms with Gasteiger partial charge < -0.3 is 24.3 Å². The number of nitrogens with one attached hydrogen (secondary N) is 2. The second-order valence-electron chi connectivity index (χ2n) is 8.00. The molecule has 0 unspecified atom stereocenters. The Balaban J connectivity index is 1.19. The molecule has 8 nitrogen and oxygen atoms in total. The normalized spacial score (nSPS) is 23.7. The average molecular weight is 448 g/mol. The number of hydrogen-bond acceptors (Lipinski definition) is 6. The van der Waals surface area contributed by atoms with Crippen LogP contribution >= 0.6 is 0 Å². The van der Waals surface area contributed by atoms with Crippen molar-refractivity contribution in [2.24, 2.45) is 0 Å². The first-order valence-electron chi connectivity index (χ1n) is 10.8. The van der Waals surface area contributed by atoms with E-state index in [0.717, 1.165) is 10.8 Å². The van der Waals surface area contributed by atoms with Crippen molar-refractivity contribution in [3.8, 4) is 5.75 Å². The molecule has 33 heavy (non-hydrogen) atoms. The molecule has 2 aliphatic heterocycles. The zero-order chi connectivity index (χ0) is 22.8. The van der Waals surface area contributed by atoms with Crippen molar-refractivity contribution in [2.75, 3.05) is 25.6 Å². The third-order valence-corrected chi connectivity index (χ3v) is 5.96. The van der Waals surface area contributed by atoms with Crippen LogP contribution < -0.4 is 15.4 Å². The van der Waals surface area contributed by atoms with Crippen LogP contribution in [0.1, 0.15) is 10.4 Å². The Bertz CT molecular complexity index is 1160. The van der Waals surface area contributed by atoms with E-state index in [1.54, 1.807) is 31.4 Å². The number of carbonyl (C=O) groups excluding carboxylic acids is 2. The fourth-order valence-corrected chi connectivity index (χ4v) is 4.29. The van der Waals surface area contributed by atoms with Gasteiger partial charge in [-0.1, -0.05) is 36.4 Å². The predicted molar refractivity (Wildman–Crippen MR) is 122 cm³/mol. The van der Waals surface area contributed by atoms with Gasteiger partial charge in [0.05, 0.1) is 32.1 Å². The van der Waals surface area contributed by atoms with Crippen molar-refractivity contribution in [3.63, 3.8) is 0 Å². The topological polar surface area (TPSA) is 95.1 Å². The van der Waals surface area contributed by atoms with E-state index in [9.17, 15) is 9.59 Å². The lowest BCUT2D eigenvalue weighted by atomic mass is 10.1. The number of amides is 2. The number of hydrogen-bond donors (Lipinski definition) is 2. The summed E-state index contributed by atoms with van der Waals surface area (Å²) in [6.45, 7) is 0.481. The molecule has 170 valence electrons. The number of ether oxygens (including phenoxy) is 4. The minimum atomic E-state index is -0.574. The summed E-state index contributed by atoms with van der Waals surface area (Å²) in [6, 6.07) is 20.0. The maximum atomic E-state index is 12.6. The summed E-state index contributed by atoms with van der Waals surface area (Å²) in [5.74, 6) is 0.449. The molecule has 2 aliphatic rings. The Morgan fingerprint density at radius 2 is 1.67 bits per heavy atom. The van der Waals surface area contributed by atoms with E-state index in [1.807, 2.05) is 42.5 Å². The molecule has 3 aromatic rings. The lowest BCUT2D eigenvalue weighted by Crippen LogP contribution is -2.44. The first-order chi connectivity index (χ1) is 16.1. The fourth-order valence-electron chi connectivity index (χ4n) is 4.29. The molecule has 4 atom stereocenters. The first kappa shape index (κ1) is 21.2. The van der Waals surface area contributed by atoms with Gasteiger partial charge in [-0.3, -0.25) is 10.1 Å². The maximum Gasteiger partial charge on any atom is 0.412 e. The van der Waals surface area contributed by atoms with Crippen LogP contribution in [-0.4, -0.2) is 56.7 Å². The SMILES string of the molecule is COc1ccc(C(=O)N[C@H]2CO[C@H]3[C@@H]2OC[C@H]3OC(=O)Nc2cccc3ccccc23)cc1. The molecule has 0 radical (unpaired) electrons. The molecule has 0 saturated carbocycles. The summed E-state index contributed by atoms with van der Waals surface area (Å²) in [6.07, 6.45) is -1.96. The monoisotopic (exact) mass is 448 g/mol. The summed E-state index contributed by atoms with van der Waals surface area (Å²) >= 11 is 0. The van der Waals surface area contributed by atoms with Crippen molar-refractivity contribution in [3.05, 3.63) is 72.3 Å². The van der Waals surface area contributed by atoms with Gasteiger partial charge in [0.2, 0.25) is 0 Å². The van der Waals surface area contributed by atoms with Crippen LogP contribution in [0.3, 0.4) is 0 Å². The van der Waals surface area contributed by atoms with Crippen LogP contribution in [0.25, 0.3) is 10.8 Å². The number of methoxy groups -OCH3 is 1. The highest BCUT2D eigenvalue weighted by atomic mass is 16.6. The van der Waals surface area contributed by atoms with E-state index in [0.29, 0.717) is 17.0 Å². The van der Waals surface area contributed by atoms with Crippen molar-refractivity contribution in [1.82, 2.24) is 5.32 Å². The molecule has 3 aromatic carbocycles. The van der Waals surface area contributed by atoms with Gasteiger partial charge in [0, 0.05) is 10.9 Å². The van der Waals surface area contributed by atoms with Crippen LogP contribution in [0.4, 0.5) is 10.5 Å². The standard InChI is InChI=1S/C25H24N2O6/c1-30-17-11-9-16(10-12-17)24(28)26-20-13-31-23-21(14-32-22(20)23)33-25(29)27-19-8-4-6-15-5-2-3-7-18(15)19/h2-12,20-23H,13-14H2,1H3,(H,26,28)(H,27,29)/t20-,21+,22+,23+/m0/s1. The van der Waals surface area contributed by atoms with Crippen LogP contribution in [0.15, 0.2) is 66.7 Å². The third kappa shape index (κ3) is 4.35. The van der Waals surface area contributed by atoms with Crippen molar-refractivity contribution < 1.29 is 28.5 Å². The Morgan fingerprint density at radius 1 is 0.909 bits per heavy atom. The zero-order valence-electron chi connectivity index (χ0n) is 18.0. The van der Waals surface area contributed by atoms with E-state index in [-0.39, 0.29) is 31.3 Å².